The van der Waals surface area contributed by atoms with Crippen molar-refractivity contribution >= 4 is 52.2 Å². The van der Waals surface area contributed by atoms with Crippen LogP contribution in [0.4, 0.5) is 18.9 Å². The van der Waals surface area contributed by atoms with Gasteiger partial charge in [-0.15, -0.1) is 11.3 Å². The van der Waals surface area contributed by atoms with E-state index < -0.39 is 12.1 Å². The van der Waals surface area contributed by atoms with E-state index >= 15 is 0 Å². The van der Waals surface area contributed by atoms with Crippen LogP contribution in [0.2, 0.25) is 4.34 Å². The largest absolute Gasteiger partial charge is 0.490 e. The number of amides is 2. The van der Waals surface area contributed by atoms with E-state index in [-0.39, 0.29) is 11.8 Å². The number of halogens is 4. The first-order valence-corrected chi connectivity index (χ1v) is 13.3. The Kier molecular flexibility index (Phi) is 9.10. The first-order chi connectivity index (χ1) is 19.0. The number of aliphatic carboxylic acids is 1. The van der Waals surface area contributed by atoms with Crippen molar-refractivity contribution in [1.29, 1.82) is 0 Å². The van der Waals surface area contributed by atoms with Crippen LogP contribution in [-0.2, 0) is 24.2 Å². The van der Waals surface area contributed by atoms with E-state index in [1.54, 1.807) is 18.2 Å². The van der Waals surface area contributed by atoms with Crippen LogP contribution in [-0.4, -0.2) is 59.4 Å². The standard InChI is InChI=1S/C25H23ClN4O2S.C2HF3O2/c26-21-9-8-20(33-21)24(31)29-19-3-1-2-18-15-30(25(32)23(18)19)13-10-16-4-6-17(7-5-16)14-22-27-11-12-28-22;3-2(4,5)1(6)7/h1-9H,10-15H2,(H,27,28)(H,29,31);(H,6,7). The molecule has 0 saturated carbocycles. The predicted octanol–water partition coefficient (Wildman–Crippen LogP) is 5.03. The number of aliphatic imine (C=N–C) groups is 1. The van der Waals surface area contributed by atoms with Crippen LogP contribution < -0.4 is 10.6 Å². The van der Waals surface area contributed by atoms with Gasteiger partial charge in [0, 0.05) is 26.1 Å². The molecule has 2 aliphatic heterocycles. The molecule has 0 atom stereocenters. The van der Waals surface area contributed by atoms with Crippen LogP contribution in [0.15, 0.2) is 59.6 Å². The highest BCUT2D eigenvalue weighted by Crippen LogP contribution is 2.31. The molecule has 40 heavy (non-hydrogen) atoms. The first kappa shape index (κ1) is 29.1. The van der Waals surface area contributed by atoms with Gasteiger partial charge in [-0.05, 0) is 41.3 Å². The fourth-order valence-electron chi connectivity index (χ4n) is 4.17. The lowest BCUT2D eigenvalue weighted by molar-refractivity contribution is -0.192. The van der Waals surface area contributed by atoms with Crippen LogP contribution in [0, 0.1) is 0 Å². The third-order valence-electron chi connectivity index (χ3n) is 6.11. The molecule has 210 valence electrons. The average molecular weight is 593 g/mol. The van der Waals surface area contributed by atoms with Crippen LogP contribution in [0.25, 0.3) is 0 Å². The number of hydrogen-bond acceptors (Lipinski definition) is 6. The Bertz CT molecular complexity index is 1440. The van der Waals surface area contributed by atoms with Gasteiger partial charge in [0.25, 0.3) is 11.8 Å². The van der Waals surface area contributed by atoms with Crippen LogP contribution >= 0.6 is 22.9 Å². The van der Waals surface area contributed by atoms with Gasteiger partial charge < -0.3 is 20.6 Å². The molecule has 1 aromatic heterocycles. The van der Waals surface area contributed by atoms with Gasteiger partial charge in [-0.2, -0.15) is 13.2 Å². The van der Waals surface area contributed by atoms with E-state index in [2.05, 4.69) is 39.9 Å². The number of carboxylic acid groups (broad SMARTS) is 1. The Balaban J connectivity index is 0.000000470. The number of hydrogen-bond donors (Lipinski definition) is 3. The minimum atomic E-state index is -5.08. The number of rotatable bonds is 7. The average Bonchev–Trinajstić information content (AvgIpc) is 3.65. The zero-order chi connectivity index (χ0) is 28.9. The van der Waals surface area contributed by atoms with E-state index in [1.165, 1.54) is 22.5 Å². The van der Waals surface area contributed by atoms with Crippen molar-refractivity contribution in [1.82, 2.24) is 10.2 Å². The van der Waals surface area contributed by atoms with Gasteiger partial charge in [-0.1, -0.05) is 48.0 Å². The van der Waals surface area contributed by atoms with Crippen LogP contribution in [0.3, 0.4) is 0 Å². The van der Waals surface area contributed by atoms with Crippen molar-refractivity contribution < 1.29 is 32.7 Å². The molecule has 0 saturated heterocycles. The highest BCUT2D eigenvalue weighted by atomic mass is 35.5. The zero-order valence-electron chi connectivity index (χ0n) is 20.9. The number of fused-ring (bicyclic) bond motifs is 1. The van der Waals surface area contributed by atoms with Gasteiger partial charge in [-0.25, -0.2) is 4.79 Å². The van der Waals surface area contributed by atoms with Gasteiger partial charge >= 0.3 is 12.1 Å². The van der Waals surface area contributed by atoms with Gasteiger partial charge in [0.05, 0.1) is 27.0 Å². The number of benzene rings is 2. The molecule has 3 aromatic rings. The molecule has 0 spiro atoms. The number of amidine groups is 1. The summed E-state index contributed by atoms with van der Waals surface area (Å²) in [6.45, 7) is 2.95. The number of nitrogens with zero attached hydrogens (tertiary/aromatic N) is 2. The predicted molar refractivity (Wildman–Crippen MR) is 146 cm³/mol. The van der Waals surface area contributed by atoms with Crippen molar-refractivity contribution in [2.75, 3.05) is 25.0 Å². The van der Waals surface area contributed by atoms with Crippen LogP contribution in [0.5, 0.6) is 0 Å². The van der Waals surface area contributed by atoms with Crippen LogP contribution in [0.1, 0.15) is 36.7 Å². The molecule has 2 amide bonds. The van der Waals surface area contributed by atoms with Gasteiger partial charge in [0.15, 0.2) is 0 Å². The van der Waals surface area contributed by atoms with E-state index in [4.69, 9.17) is 21.5 Å². The van der Waals surface area contributed by atoms with E-state index in [9.17, 15) is 22.8 Å². The molecule has 0 unspecified atom stereocenters. The number of alkyl halides is 3. The molecule has 0 fully saturated rings. The summed E-state index contributed by atoms with van der Waals surface area (Å²) in [7, 11) is 0. The molecule has 3 heterocycles. The fraction of sp³-hybridized carbons (Fsp3) is 0.259. The molecule has 3 N–H and O–H groups in total. The Labute approximate surface area is 236 Å². The smallest absolute Gasteiger partial charge is 0.475 e. The quantitative estimate of drug-likeness (QED) is 0.356. The highest BCUT2D eigenvalue weighted by Gasteiger charge is 2.38. The minimum absolute atomic E-state index is 0.0490. The summed E-state index contributed by atoms with van der Waals surface area (Å²) >= 11 is 7.16. The number of anilines is 1. The van der Waals surface area contributed by atoms with Crippen molar-refractivity contribution in [3.63, 3.8) is 0 Å². The summed E-state index contributed by atoms with van der Waals surface area (Å²) in [4.78, 5) is 41.4. The lowest BCUT2D eigenvalue weighted by Crippen LogP contribution is -2.27. The maximum atomic E-state index is 13.1. The first-order valence-electron chi connectivity index (χ1n) is 12.1. The van der Waals surface area contributed by atoms with Crippen molar-refractivity contribution in [2.24, 2.45) is 4.99 Å². The zero-order valence-corrected chi connectivity index (χ0v) is 22.5. The summed E-state index contributed by atoms with van der Waals surface area (Å²) in [5.41, 5.74) is 4.47. The second-order valence-electron chi connectivity index (χ2n) is 8.93. The second-order valence-corrected chi connectivity index (χ2v) is 10.6. The third kappa shape index (κ3) is 7.39. The lowest BCUT2D eigenvalue weighted by Gasteiger charge is -2.16. The number of carboxylic acids is 1. The summed E-state index contributed by atoms with van der Waals surface area (Å²) in [5, 5.41) is 13.3. The van der Waals surface area contributed by atoms with Gasteiger partial charge in [0.1, 0.15) is 5.84 Å². The topological polar surface area (TPSA) is 111 Å². The van der Waals surface area contributed by atoms with Crippen molar-refractivity contribution in [2.45, 2.75) is 25.6 Å². The second kappa shape index (κ2) is 12.5. The molecule has 2 aromatic carbocycles. The third-order valence-corrected chi connectivity index (χ3v) is 7.34. The van der Waals surface area contributed by atoms with Gasteiger partial charge in [0.2, 0.25) is 0 Å². The molecule has 0 aliphatic carbocycles. The van der Waals surface area contributed by atoms with E-state index in [1.807, 2.05) is 17.0 Å². The summed E-state index contributed by atoms with van der Waals surface area (Å²) < 4.78 is 32.3. The lowest BCUT2D eigenvalue weighted by atomic mass is 10.1. The SMILES string of the molecule is O=C(Nc1cccc2c1C(=O)N(CCc1ccc(CC3=NCCN3)cc1)C2)c1ccc(Cl)s1.O=C(O)C(F)(F)F. The highest BCUT2D eigenvalue weighted by molar-refractivity contribution is 7.18. The molecule has 2 aliphatic rings. The Morgan fingerprint density at radius 2 is 1.80 bits per heavy atom. The maximum absolute atomic E-state index is 13.1. The van der Waals surface area contributed by atoms with Gasteiger partial charge in [-0.3, -0.25) is 14.6 Å². The molecule has 0 bridgehead atoms. The van der Waals surface area contributed by atoms with E-state index in [0.29, 0.717) is 33.6 Å². The summed E-state index contributed by atoms with van der Waals surface area (Å²) in [6.07, 6.45) is -3.49. The fourth-order valence-corrected chi connectivity index (χ4v) is 5.11. The summed E-state index contributed by atoms with van der Waals surface area (Å²) in [6, 6.07) is 17.5. The number of carbonyl (C=O) groups excluding carboxylic acids is 2. The molecular weight excluding hydrogens is 569 g/mol. The molecule has 0 radical (unpaired) electrons. The monoisotopic (exact) mass is 592 g/mol. The summed E-state index contributed by atoms with van der Waals surface area (Å²) in [5.74, 6) is -2.02. The van der Waals surface area contributed by atoms with Crippen molar-refractivity contribution in [3.05, 3.63) is 86.1 Å². The number of carbonyl (C=O) groups is 3. The molecule has 13 heteroatoms. The Morgan fingerprint density at radius 1 is 1.10 bits per heavy atom. The van der Waals surface area contributed by atoms with Crippen molar-refractivity contribution in [3.8, 4) is 0 Å². The maximum Gasteiger partial charge on any atom is 0.490 e. The minimum Gasteiger partial charge on any atom is -0.475 e. The molecule has 5 rings (SSSR count). The number of nitrogens with one attached hydrogen (secondary N) is 2. The number of thiophene rings is 1. The molecule has 8 nitrogen and oxygen atoms in total. The molecular formula is C27H24ClF3N4O4S. The van der Waals surface area contributed by atoms with E-state index in [0.717, 1.165) is 37.3 Å². The Hall–Kier alpha value is -3.90. The normalized spacial score (nSPS) is 14.2. The Morgan fingerprint density at radius 3 is 2.40 bits per heavy atom.